The number of carbonyl (C=O) groups excluding carboxylic acids is 3. The van der Waals surface area contributed by atoms with Crippen LogP contribution in [-0.4, -0.2) is 40.6 Å². The second-order valence-electron chi connectivity index (χ2n) is 11.3. The van der Waals surface area contributed by atoms with Crippen molar-refractivity contribution < 1.29 is 23.5 Å². The molecule has 4 aromatic rings. The van der Waals surface area contributed by atoms with Gasteiger partial charge in [-0.1, -0.05) is 63.2 Å². The van der Waals surface area contributed by atoms with E-state index >= 15 is 0 Å². The summed E-state index contributed by atoms with van der Waals surface area (Å²) in [7, 11) is 4.25. The highest BCUT2D eigenvalue weighted by molar-refractivity contribution is 8.82. The second-order valence-corrected chi connectivity index (χ2v) is 13.4. The van der Waals surface area contributed by atoms with Gasteiger partial charge in [0, 0.05) is 52.6 Å². The number of aromatic nitrogens is 1. The minimum absolute atomic E-state index is 0.0790. The number of halogens is 1. The molecule has 0 bridgehead atoms. The molecule has 0 saturated heterocycles. The number of aromatic amines is 1. The van der Waals surface area contributed by atoms with Crippen LogP contribution in [0.5, 0.6) is 0 Å². The predicted molar refractivity (Wildman–Crippen MR) is 166 cm³/mol. The molecule has 0 unspecified atom stereocenters. The van der Waals surface area contributed by atoms with Crippen molar-refractivity contribution >= 4 is 49.6 Å². The van der Waals surface area contributed by atoms with Gasteiger partial charge in [-0.05, 0) is 62.9 Å². The Labute approximate surface area is 252 Å². The van der Waals surface area contributed by atoms with Crippen LogP contribution in [0.15, 0.2) is 65.6 Å². The molecule has 1 aliphatic heterocycles. The van der Waals surface area contributed by atoms with Gasteiger partial charge in [0.05, 0.1) is 5.56 Å². The first-order valence-corrected chi connectivity index (χ1v) is 15.7. The lowest BCUT2D eigenvalue weighted by molar-refractivity contribution is -0.117. The fraction of sp³-hybridized carbons (Fsp3) is 0.281. The van der Waals surface area contributed by atoms with Crippen molar-refractivity contribution in [3.8, 4) is 11.3 Å². The van der Waals surface area contributed by atoms with Crippen molar-refractivity contribution in [1.82, 2.24) is 15.2 Å². The van der Waals surface area contributed by atoms with Crippen molar-refractivity contribution in [1.29, 1.82) is 0 Å². The highest BCUT2D eigenvalue weighted by Crippen LogP contribution is 2.39. The van der Waals surface area contributed by atoms with E-state index in [1.807, 2.05) is 69.3 Å². The molecule has 2 N–H and O–H groups in total. The molecule has 7 nitrogen and oxygen atoms in total. The van der Waals surface area contributed by atoms with Crippen LogP contribution in [0.2, 0.25) is 0 Å². The molecule has 0 spiro atoms. The molecule has 1 aromatic heterocycles. The smallest absolute Gasteiger partial charge is 0.410 e. The summed E-state index contributed by atoms with van der Waals surface area (Å²) >= 11 is 0. The Morgan fingerprint density at radius 3 is 2.55 bits per heavy atom. The quantitative estimate of drug-likeness (QED) is 0.214. The number of hydrogen-bond acceptors (Lipinski definition) is 6. The van der Waals surface area contributed by atoms with E-state index < -0.39 is 17.3 Å². The van der Waals surface area contributed by atoms with Crippen LogP contribution in [0.25, 0.3) is 22.2 Å². The summed E-state index contributed by atoms with van der Waals surface area (Å²) in [5, 5.41) is 3.68. The van der Waals surface area contributed by atoms with Gasteiger partial charge < -0.3 is 19.9 Å². The van der Waals surface area contributed by atoms with Gasteiger partial charge >= 0.3 is 6.09 Å². The second kappa shape index (κ2) is 12.2. The zero-order valence-electron chi connectivity index (χ0n) is 23.9. The highest BCUT2D eigenvalue weighted by Gasteiger charge is 2.24. The lowest BCUT2D eigenvalue weighted by Gasteiger charge is -2.18. The molecule has 2 heterocycles. The first kappa shape index (κ1) is 29.7. The Balaban J connectivity index is 1.23. The van der Waals surface area contributed by atoms with Crippen LogP contribution in [0.4, 0.5) is 9.18 Å². The molecule has 0 fully saturated rings. The minimum Gasteiger partial charge on any atom is -0.444 e. The average Bonchev–Trinajstić information content (AvgIpc) is 3.23. The van der Waals surface area contributed by atoms with E-state index in [9.17, 15) is 18.8 Å². The van der Waals surface area contributed by atoms with Gasteiger partial charge in [-0.3, -0.25) is 9.59 Å². The zero-order chi connectivity index (χ0) is 30.0. The number of carbonyl (C=O) groups is 3. The van der Waals surface area contributed by atoms with E-state index in [0.717, 1.165) is 38.2 Å². The Kier molecular flexibility index (Phi) is 8.65. The number of H-pyrrole nitrogens is 1. The third-order valence-electron chi connectivity index (χ3n) is 6.99. The molecule has 2 amide bonds. The number of benzene rings is 3. The molecule has 3 aromatic carbocycles. The summed E-state index contributed by atoms with van der Waals surface area (Å²) in [5.74, 6) is -0.734. The maximum Gasteiger partial charge on any atom is 0.410 e. The summed E-state index contributed by atoms with van der Waals surface area (Å²) in [6.07, 6.45) is 0.170. The summed E-state index contributed by atoms with van der Waals surface area (Å²) < 4.78 is 19.8. The summed E-state index contributed by atoms with van der Waals surface area (Å²) in [4.78, 5) is 43.3. The predicted octanol–water partition coefficient (Wildman–Crippen LogP) is 7.34. The van der Waals surface area contributed by atoms with Crippen molar-refractivity contribution in [2.24, 2.45) is 5.41 Å². The monoisotopic (exact) mass is 605 g/mol. The Hall–Kier alpha value is -3.76. The topological polar surface area (TPSA) is 91.5 Å². The number of rotatable bonds is 7. The maximum atomic E-state index is 14.2. The summed E-state index contributed by atoms with van der Waals surface area (Å²) in [6, 6.07) is 18.1. The Morgan fingerprint density at radius 2 is 1.81 bits per heavy atom. The summed E-state index contributed by atoms with van der Waals surface area (Å²) in [6.45, 7) is 6.57. The Morgan fingerprint density at radius 1 is 1.07 bits per heavy atom. The van der Waals surface area contributed by atoms with E-state index in [1.165, 1.54) is 38.6 Å². The molecule has 0 atom stereocenters. The van der Waals surface area contributed by atoms with Gasteiger partial charge in [-0.15, -0.1) is 0 Å². The zero-order valence-corrected chi connectivity index (χ0v) is 25.5. The van der Waals surface area contributed by atoms with Crippen LogP contribution >= 0.6 is 21.6 Å². The molecule has 218 valence electrons. The molecule has 42 heavy (non-hydrogen) atoms. The van der Waals surface area contributed by atoms with E-state index in [1.54, 1.807) is 7.05 Å². The van der Waals surface area contributed by atoms with Gasteiger partial charge in [0.2, 0.25) is 5.12 Å². The SMILES string of the molecule is CN(Cc1ccc(-c2[nH]c3cc(F)cc4c3c2CCNC4=O)cc1)C(=O)OCc1ccccc1SSC(=O)C(C)(C)C. The molecule has 0 aliphatic carbocycles. The highest BCUT2D eigenvalue weighted by atomic mass is 33.1. The lowest BCUT2D eigenvalue weighted by Crippen LogP contribution is -2.26. The molecular formula is C32H32FN3O4S2. The van der Waals surface area contributed by atoms with Crippen molar-refractivity contribution in [2.75, 3.05) is 13.6 Å². The summed E-state index contributed by atoms with van der Waals surface area (Å²) in [5.41, 5.74) is 4.99. The van der Waals surface area contributed by atoms with Crippen LogP contribution in [0.1, 0.15) is 47.8 Å². The van der Waals surface area contributed by atoms with E-state index in [0.29, 0.717) is 30.6 Å². The number of ether oxygens (including phenoxy) is 1. The molecule has 0 radical (unpaired) electrons. The first-order chi connectivity index (χ1) is 20.0. The van der Waals surface area contributed by atoms with Gasteiger partial charge in [-0.2, -0.15) is 0 Å². The van der Waals surface area contributed by atoms with E-state index in [2.05, 4.69) is 10.3 Å². The third kappa shape index (κ3) is 6.50. The molecule has 5 rings (SSSR count). The van der Waals surface area contributed by atoms with Crippen LogP contribution in [-0.2, 0) is 29.1 Å². The number of nitrogens with zero attached hydrogens (tertiary/aromatic N) is 1. The van der Waals surface area contributed by atoms with Gasteiger partial charge in [-0.25, -0.2) is 9.18 Å². The van der Waals surface area contributed by atoms with E-state index in [-0.39, 0.29) is 17.6 Å². The fourth-order valence-corrected chi connectivity index (χ4v) is 7.23. The van der Waals surface area contributed by atoms with Crippen LogP contribution in [0.3, 0.4) is 0 Å². The van der Waals surface area contributed by atoms with Gasteiger partial charge in [0.25, 0.3) is 5.91 Å². The molecule has 0 saturated carbocycles. The normalized spacial score (nSPS) is 13.0. The van der Waals surface area contributed by atoms with Gasteiger partial charge in [0.15, 0.2) is 0 Å². The maximum absolute atomic E-state index is 14.2. The number of amides is 2. The molecule has 10 heteroatoms. The largest absolute Gasteiger partial charge is 0.444 e. The van der Waals surface area contributed by atoms with E-state index in [4.69, 9.17) is 4.74 Å². The average molecular weight is 606 g/mol. The standard InChI is InChI=1S/C32H32FN3O4S2/c1-32(2,3)30(38)42-41-26-8-6-5-7-21(26)18-40-31(39)36(4)17-19-9-11-20(12-10-19)28-23-13-14-34-29(37)24-15-22(33)16-25(35-28)27(23)24/h5-12,15-16,35H,13-14,17-18H2,1-4H3,(H,34,37). The third-order valence-corrected chi connectivity index (χ3v) is 9.66. The first-order valence-electron chi connectivity index (χ1n) is 13.6. The molecule has 1 aliphatic rings. The minimum atomic E-state index is -0.462. The van der Waals surface area contributed by atoms with Crippen LogP contribution in [0, 0.1) is 11.2 Å². The number of nitrogens with one attached hydrogen (secondary N) is 2. The molecular weight excluding hydrogens is 574 g/mol. The van der Waals surface area contributed by atoms with Crippen molar-refractivity contribution in [3.05, 3.63) is 88.7 Å². The van der Waals surface area contributed by atoms with Gasteiger partial charge in [0.1, 0.15) is 12.4 Å². The van der Waals surface area contributed by atoms with Crippen LogP contribution < -0.4 is 5.32 Å². The number of hydrogen-bond donors (Lipinski definition) is 2. The fourth-order valence-electron chi connectivity index (χ4n) is 4.71. The Bertz CT molecular complexity index is 1660. The van der Waals surface area contributed by atoms with Crippen molar-refractivity contribution in [3.63, 3.8) is 0 Å². The van der Waals surface area contributed by atoms with Crippen molar-refractivity contribution in [2.45, 2.75) is 45.2 Å². The lowest BCUT2D eigenvalue weighted by atomic mass is 9.99.